The fourth-order valence-electron chi connectivity index (χ4n) is 1.95. The van der Waals surface area contributed by atoms with E-state index in [0.717, 1.165) is 25.4 Å². The summed E-state index contributed by atoms with van der Waals surface area (Å²) in [5, 5.41) is 3.25. The van der Waals surface area contributed by atoms with Gasteiger partial charge in [-0.15, -0.1) is 0 Å². The van der Waals surface area contributed by atoms with Crippen LogP contribution in [0, 0.1) is 0 Å². The van der Waals surface area contributed by atoms with Crippen LogP contribution in [-0.2, 0) is 11.3 Å². The van der Waals surface area contributed by atoms with Gasteiger partial charge in [0, 0.05) is 26.2 Å². The van der Waals surface area contributed by atoms with Crippen LogP contribution < -0.4 is 10.1 Å². The Morgan fingerprint density at radius 1 is 1.33 bits per heavy atom. The van der Waals surface area contributed by atoms with E-state index < -0.39 is 0 Å². The molecule has 0 radical (unpaired) electrons. The van der Waals surface area contributed by atoms with Gasteiger partial charge in [0.05, 0.1) is 13.7 Å². The molecule has 0 bridgehead atoms. The largest absolute Gasteiger partial charge is 0.497 e. The molecule has 0 aliphatic rings. The molecule has 1 atom stereocenters. The molecule has 0 saturated carbocycles. The van der Waals surface area contributed by atoms with Gasteiger partial charge in [0.2, 0.25) is 0 Å². The highest BCUT2D eigenvalue weighted by Crippen LogP contribution is 2.13. The van der Waals surface area contributed by atoms with Crippen molar-refractivity contribution >= 4 is 0 Å². The zero-order valence-corrected chi connectivity index (χ0v) is 11.8. The fourth-order valence-corrected chi connectivity index (χ4v) is 1.95. The topological polar surface area (TPSA) is 33.7 Å². The summed E-state index contributed by atoms with van der Waals surface area (Å²) in [6.07, 6.45) is 0. The normalized spacial score (nSPS) is 12.7. The lowest BCUT2D eigenvalue weighted by molar-refractivity contribution is 0.147. The average Bonchev–Trinajstić information content (AvgIpc) is 2.38. The van der Waals surface area contributed by atoms with Crippen LogP contribution in [0.3, 0.4) is 0 Å². The van der Waals surface area contributed by atoms with Gasteiger partial charge in [-0.05, 0) is 31.8 Å². The van der Waals surface area contributed by atoms with Crippen LogP contribution in [0.5, 0.6) is 5.75 Å². The summed E-state index contributed by atoms with van der Waals surface area (Å²) in [4.78, 5) is 2.27. The molecule has 1 rings (SSSR count). The summed E-state index contributed by atoms with van der Waals surface area (Å²) < 4.78 is 10.4. The SMILES string of the molecule is CNC(COC)CN(C)Cc1cccc(OC)c1. The van der Waals surface area contributed by atoms with Crippen molar-refractivity contribution in [2.75, 3.05) is 41.5 Å². The van der Waals surface area contributed by atoms with Crippen LogP contribution >= 0.6 is 0 Å². The lowest BCUT2D eigenvalue weighted by atomic mass is 10.2. The summed E-state index contributed by atoms with van der Waals surface area (Å²) in [5.74, 6) is 0.906. The molecular formula is C14H24N2O2. The molecule has 0 aliphatic heterocycles. The summed E-state index contributed by atoms with van der Waals surface area (Å²) in [5.41, 5.74) is 1.25. The average molecular weight is 252 g/mol. The number of likely N-dealkylation sites (N-methyl/N-ethyl adjacent to an activating group) is 2. The molecule has 0 aliphatic carbocycles. The van der Waals surface area contributed by atoms with E-state index in [9.17, 15) is 0 Å². The van der Waals surface area contributed by atoms with E-state index in [-0.39, 0.29) is 0 Å². The first-order valence-electron chi connectivity index (χ1n) is 6.17. The number of benzene rings is 1. The first kappa shape index (κ1) is 15.0. The Morgan fingerprint density at radius 3 is 2.72 bits per heavy atom. The number of hydrogen-bond donors (Lipinski definition) is 1. The molecule has 1 unspecified atom stereocenters. The number of ether oxygens (including phenoxy) is 2. The van der Waals surface area contributed by atoms with Gasteiger partial charge in [-0.25, -0.2) is 0 Å². The molecule has 0 aromatic heterocycles. The molecular weight excluding hydrogens is 228 g/mol. The van der Waals surface area contributed by atoms with E-state index in [1.54, 1.807) is 14.2 Å². The van der Waals surface area contributed by atoms with Crippen LogP contribution in [0.2, 0.25) is 0 Å². The highest BCUT2D eigenvalue weighted by molar-refractivity contribution is 5.28. The van der Waals surface area contributed by atoms with Crippen LogP contribution in [0.4, 0.5) is 0 Å². The van der Waals surface area contributed by atoms with Crippen LogP contribution in [-0.4, -0.2) is 52.4 Å². The number of nitrogens with one attached hydrogen (secondary N) is 1. The Labute approximate surface area is 110 Å². The van der Waals surface area contributed by atoms with Crippen molar-refractivity contribution in [1.29, 1.82) is 0 Å². The molecule has 0 saturated heterocycles. The maximum Gasteiger partial charge on any atom is 0.119 e. The lowest BCUT2D eigenvalue weighted by Crippen LogP contribution is -2.40. The first-order chi connectivity index (χ1) is 8.69. The van der Waals surface area contributed by atoms with Crippen molar-refractivity contribution in [3.8, 4) is 5.75 Å². The van der Waals surface area contributed by atoms with Crippen molar-refractivity contribution in [2.24, 2.45) is 0 Å². The summed E-state index contributed by atoms with van der Waals surface area (Å²) >= 11 is 0. The molecule has 0 fully saturated rings. The third-order valence-corrected chi connectivity index (χ3v) is 2.89. The summed E-state index contributed by atoms with van der Waals surface area (Å²) in [6, 6.07) is 8.52. The third-order valence-electron chi connectivity index (χ3n) is 2.89. The van der Waals surface area contributed by atoms with Gasteiger partial charge in [-0.1, -0.05) is 12.1 Å². The third kappa shape index (κ3) is 5.04. The van der Waals surface area contributed by atoms with Crippen molar-refractivity contribution in [1.82, 2.24) is 10.2 Å². The van der Waals surface area contributed by atoms with Crippen molar-refractivity contribution in [3.63, 3.8) is 0 Å². The van der Waals surface area contributed by atoms with Gasteiger partial charge in [-0.3, -0.25) is 0 Å². The van der Waals surface area contributed by atoms with E-state index in [2.05, 4.69) is 29.4 Å². The van der Waals surface area contributed by atoms with Crippen LogP contribution in [0.1, 0.15) is 5.56 Å². The zero-order chi connectivity index (χ0) is 13.4. The maximum absolute atomic E-state index is 5.23. The highest BCUT2D eigenvalue weighted by Gasteiger charge is 2.09. The fraction of sp³-hybridized carbons (Fsp3) is 0.571. The van der Waals surface area contributed by atoms with Gasteiger partial charge >= 0.3 is 0 Å². The van der Waals surface area contributed by atoms with Gasteiger partial charge in [0.15, 0.2) is 0 Å². The van der Waals surface area contributed by atoms with Gasteiger partial charge in [0.1, 0.15) is 5.75 Å². The van der Waals surface area contributed by atoms with Crippen molar-refractivity contribution < 1.29 is 9.47 Å². The van der Waals surface area contributed by atoms with Crippen LogP contribution in [0.25, 0.3) is 0 Å². The minimum atomic E-state index is 0.352. The predicted molar refractivity (Wildman–Crippen MR) is 74.1 cm³/mol. The van der Waals surface area contributed by atoms with Crippen molar-refractivity contribution in [2.45, 2.75) is 12.6 Å². The van der Waals surface area contributed by atoms with E-state index >= 15 is 0 Å². The minimum absolute atomic E-state index is 0.352. The van der Waals surface area contributed by atoms with Crippen molar-refractivity contribution in [3.05, 3.63) is 29.8 Å². The second-order valence-electron chi connectivity index (χ2n) is 4.49. The van der Waals surface area contributed by atoms with E-state index in [1.807, 2.05) is 19.2 Å². The van der Waals surface area contributed by atoms with E-state index in [4.69, 9.17) is 9.47 Å². The minimum Gasteiger partial charge on any atom is -0.497 e. The summed E-state index contributed by atoms with van der Waals surface area (Å²) in [6.45, 7) is 2.57. The smallest absolute Gasteiger partial charge is 0.119 e. The Hall–Kier alpha value is -1.10. The highest BCUT2D eigenvalue weighted by atomic mass is 16.5. The standard InChI is InChI=1S/C14H24N2O2/c1-15-13(11-17-3)10-16(2)9-12-6-5-7-14(8-12)18-4/h5-8,13,15H,9-11H2,1-4H3. The number of nitrogens with zero attached hydrogens (tertiary/aromatic N) is 1. The Morgan fingerprint density at radius 2 is 2.11 bits per heavy atom. The second-order valence-corrected chi connectivity index (χ2v) is 4.49. The van der Waals surface area contributed by atoms with E-state index in [1.165, 1.54) is 5.56 Å². The van der Waals surface area contributed by atoms with Gasteiger partial charge in [0.25, 0.3) is 0 Å². The van der Waals surface area contributed by atoms with Gasteiger partial charge in [-0.2, -0.15) is 0 Å². The molecule has 4 nitrogen and oxygen atoms in total. The molecule has 1 aromatic rings. The van der Waals surface area contributed by atoms with E-state index in [0.29, 0.717) is 6.04 Å². The second kappa shape index (κ2) is 8.08. The number of hydrogen-bond acceptors (Lipinski definition) is 4. The molecule has 18 heavy (non-hydrogen) atoms. The Balaban J connectivity index is 2.49. The Kier molecular flexibility index (Phi) is 6.72. The van der Waals surface area contributed by atoms with Crippen LogP contribution in [0.15, 0.2) is 24.3 Å². The summed E-state index contributed by atoms with van der Waals surface area (Å²) in [7, 11) is 7.49. The number of methoxy groups -OCH3 is 2. The first-order valence-corrected chi connectivity index (χ1v) is 6.17. The maximum atomic E-state index is 5.23. The molecule has 0 spiro atoms. The quantitative estimate of drug-likeness (QED) is 0.757. The monoisotopic (exact) mass is 252 g/mol. The molecule has 1 aromatic carbocycles. The Bertz CT molecular complexity index is 344. The molecule has 0 heterocycles. The molecule has 1 N–H and O–H groups in total. The zero-order valence-electron chi connectivity index (χ0n) is 11.8. The predicted octanol–water partition coefficient (Wildman–Crippen LogP) is 1.36. The lowest BCUT2D eigenvalue weighted by Gasteiger charge is -2.23. The molecule has 0 amide bonds. The molecule has 4 heteroatoms. The number of rotatable bonds is 8. The van der Waals surface area contributed by atoms with Gasteiger partial charge < -0.3 is 19.7 Å². The molecule has 102 valence electrons.